The molecule has 0 radical (unpaired) electrons. The van der Waals surface area contributed by atoms with Crippen molar-refractivity contribution in [2.24, 2.45) is 0 Å². The Morgan fingerprint density at radius 3 is 2.52 bits per heavy atom. The molecule has 0 bridgehead atoms. The van der Waals surface area contributed by atoms with Crippen LogP contribution < -0.4 is 15.5 Å². The van der Waals surface area contributed by atoms with Gasteiger partial charge >= 0.3 is 5.97 Å². The molecule has 1 heterocycles. The number of esters is 1. The molecule has 0 saturated carbocycles. The van der Waals surface area contributed by atoms with Gasteiger partial charge in [0, 0.05) is 18.0 Å². The molecule has 0 spiro atoms. The van der Waals surface area contributed by atoms with Crippen LogP contribution >= 0.6 is 0 Å². The van der Waals surface area contributed by atoms with Crippen molar-refractivity contribution in [2.75, 3.05) is 20.2 Å². The van der Waals surface area contributed by atoms with Crippen molar-refractivity contribution >= 4 is 17.8 Å². The number of rotatable bonds is 6. The number of methoxy groups -OCH3 is 1. The lowest BCUT2D eigenvalue weighted by Crippen LogP contribution is -3.17. The fourth-order valence-electron chi connectivity index (χ4n) is 3.06. The molecule has 2 atom stereocenters. The third-order valence-corrected chi connectivity index (χ3v) is 4.22. The lowest BCUT2D eigenvalue weighted by molar-refractivity contribution is -0.924. The molecule has 0 saturated heterocycles. The van der Waals surface area contributed by atoms with E-state index in [1.54, 1.807) is 0 Å². The number of hydrogen-bond donors (Lipinski definition) is 3. The second-order valence-electron chi connectivity index (χ2n) is 6.56. The molecular weight excluding hydrogens is 322 g/mol. The average molecular weight is 348 g/mol. The Morgan fingerprint density at radius 2 is 1.88 bits per heavy atom. The summed E-state index contributed by atoms with van der Waals surface area (Å²) < 4.78 is 4.90. The minimum atomic E-state index is -0.421. The predicted octanol–water partition coefficient (Wildman–Crippen LogP) is -1.19. The van der Waals surface area contributed by atoms with E-state index in [0.29, 0.717) is 13.0 Å². The van der Waals surface area contributed by atoms with Gasteiger partial charge in [-0.3, -0.25) is 9.59 Å². The highest BCUT2D eigenvalue weighted by atomic mass is 16.5. The molecule has 1 aromatic carbocycles. The van der Waals surface area contributed by atoms with Gasteiger partial charge in [0.25, 0.3) is 5.91 Å². The van der Waals surface area contributed by atoms with Gasteiger partial charge in [0.2, 0.25) is 5.91 Å². The van der Waals surface area contributed by atoms with Gasteiger partial charge in [-0.05, 0) is 19.4 Å². The maximum Gasteiger partial charge on any atom is 0.365 e. The van der Waals surface area contributed by atoms with Gasteiger partial charge in [0.1, 0.15) is 6.54 Å². The van der Waals surface area contributed by atoms with Crippen LogP contribution in [0.4, 0.5) is 0 Å². The molecular formula is C18H26N3O4+. The Morgan fingerprint density at radius 1 is 1.20 bits per heavy atom. The molecule has 7 heteroatoms. The van der Waals surface area contributed by atoms with Crippen molar-refractivity contribution in [3.05, 3.63) is 35.4 Å². The summed E-state index contributed by atoms with van der Waals surface area (Å²) in [4.78, 5) is 36.8. The van der Waals surface area contributed by atoms with E-state index in [0.717, 1.165) is 16.0 Å². The fraction of sp³-hybridized carbons (Fsp3) is 0.500. The molecule has 1 unspecified atom stereocenters. The Kier molecular flexibility index (Phi) is 6.52. The van der Waals surface area contributed by atoms with E-state index in [4.69, 9.17) is 4.74 Å². The zero-order chi connectivity index (χ0) is 18.4. The molecule has 1 aromatic rings. The van der Waals surface area contributed by atoms with Gasteiger partial charge in [0.05, 0.1) is 13.7 Å². The van der Waals surface area contributed by atoms with Crippen LogP contribution in [0.15, 0.2) is 24.3 Å². The number of quaternary nitrogens is 1. The van der Waals surface area contributed by atoms with Gasteiger partial charge < -0.3 is 20.3 Å². The molecule has 0 aromatic heterocycles. The number of fused-ring (bicyclic) bond motifs is 1. The topological polar surface area (TPSA) is 88.9 Å². The van der Waals surface area contributed by atoms with Crippen LogP contribution in [-0.4, -0.2) is 50.1 Å². The van der Waals surface area contributed by atoms with Crippen molar-refractivity contribution < 1.29 is 24.0 Å². The van der Waals surface area contributed by atoms with Crippen LogP contribution in [0.5, 0.6) is 0 Å². The number of nitrogens with one attached hydrogen (secondary N) is 3. The summed E-state index contributed by atoms with van der Waals surface area (Å²) in [5, 5.41) is 5.33. The van der Waals surface area contributed by atoms with E-state index in [1.165, 1.54) is 7.11 Å². The van der Waals surface area contributed by atoms with Crippen molar-refractivity contribution in [2.45, 2.75) is 38.9 Å². The third-order valence-electron chi connectivity index (χ3n) is 4.22. The largest absolute Gasteiger partial charge is 0.465 e. The van der Waals surface area contributed by atoms with E-state index in [9.17, 15) is 14.4 Å². The molecule has 25 heavy (non-hydrogen) atoms. The van der Waals surface area contributed by atoms with E-state index in [2.05, 4.69) is 10.6 Å². The molecule has 136 valence electrons. The number of ether oxygens (including phenoxy) is 1. The van der Waals surface area contributed by atoms with E-state index >= 15 is 0 Å². The molecule has 1 aliphatic rings. The summed E-state index contributed by atoms with van der Waals surface area (Å²) in [5.41, 5.74) is 2.24. The van der Waals surface area contributed by atoms with Crippen LogP contribution in [0.1, 0.15) is 25.0 Å². The Bertz CT molecular complexity index is 645. The van der Waals surface area contributed by atoms with E-state index < -0.39 is 6.04 Å². The van der Waals surface area contributed by atoms with Crippen molar-refractivity contribution in [1.29, 1.82) is 0 Å². The first-order valence-corrected chi connectivity index (χ1v) is 8.46. The summed E-state index contributed by atoms with van der Waals surface area (Å²) in [6.07, 6.45) is 0.541. The van der Waals surface area contributed by atoms with Crippen molar-refractivity contribution in [1.82, 2.24) is 10.6 Å². The van der Waals surface area contributed by atoms with Gasteiger partial charge in [0.15, 0.2) is 12.6 Å². The Hall–Kier alpha value is -2.41. The van der Waals surface area contributed by atoms with Crippen LogP contribution in [0.3, 0.4) is 0 Å². The summed E-state index contributed by atoms with van der Waals surface area (Å²) >= 11 is 0. The van der Waals surface area contributed by atoms with E-state index in [1.807, 2.05) is 38.1 Å². The monoisotopic (exact) mass is 348 g/mol. The highest BCUT2D eigenvalue weighted by Gasteiger charge is 2.37. The minimum absolute atomic E-state index is 0.0253. The highest BCUT2D eigenvalue weighted by Crippen LogP contribution is 2.14. The van der Waals surface area contributed by atoms with Gasteiger partial charge in [-0.25, -0.2) is 4.79 Å². The number of carbonyl (C=O) groups is 3. The molecule has 3 N–H and O–H groups in total. The maximum atomic E-state index is 12.2. The summed E-state index contributed by atoms with van der Waals surface area (Å²) in [6.45, 7) is 4.33. The van der Waals surface area contributed by atoms with Crippen LogP contribution in [-0.2, 0) is 32.1 Å². The zero-order valence-electron chi connectivity index (χ0n) is 14.9. The highest BCUT2D eigenvalue weighted by molar-refractivity contribution is 5.85. The third kappa shape index (κ3) is 5.29. The number of amides is 2. The number of benzene rings is 1. The van der Waals surface area contributed by atoms with Gasteiger partial charge in [-0.2, -0.15) is 0 Å². The van der Waals surface area contributed by atoms with Gasteiger partial charge in [-0.15, -0.1) is 0 Å². The number of hydrogen-bond acceptors (Lipinski definition) is 4. The molecule has 7 nitrogen and oxygen atoms in total. The van der Waals surface area contributed by atoms with Crippen molar-refractivity contribution in [3.8, 4) is 0 Å². The van der Waals surface area contributed by atoms with E-state index in [-0.39, 0.29) is 36.9 Å². The SMILES string of the molecule is COC(=O)[C@@H]1Cc2ccccc2C[NH+]1CC(=O)NCC(=O)NC(C)C. The number of carbonyl (C=O) groups excluding carboxylic acids is 3. The molecule has 0 aliphatic carbocycles. The van der Waals surface area contributed by atoms with Crippen LogP contribution in [0.2, 0.25) is 0 Å². The molecule has 2 rings (SSSR count). The Labute approximate surface area is 147 Å². The zero-order valence-corrected chi connectivity index (χ0v) is 14.9. The molecule has 0 fully saturated rings. The Balaban J connectivity index is 1.99. The predicted molar refractivity (Wildman–Crippen MR) is 91.8 cm³/mol. The molecule has 1 aliphatic heterocycles. The maximum absolute atomic E-state index is 12.2. The molecule has 2 amide bonds. The van der Waals surface area contributed by atoms with Crippen LogP contribution in [0.25, 0.3) is 0 Å². The van der Waals surface area contributed by atoms with Crippen molar-refractivity contribution in [3.63, 3.8) is 0 Å². The first-order valence-electron chi connectivity index (χ1n) is 8.46. The lowest BCUT2D eigenvalue weighted by atomic mass is 9.94. The average Bonchev–Trinajstić information content (AvgIpc) is 2.58. The quantitative estimate of drug-likeness (QED) is 0.564. The summed E-state index contributed by atoms with van der Waals surface area (Å²) in [5.74, 6) is -0.816. The second kappa shape index (κ2) is 8.62. The second-order valence-corrected chi connectivity index (χ2v) is 6.56. The lowest BCUT2D eigenvalue weighted by Gasteiger charge is -2.31. The fourth-order valence-corrected chi connectivity index (χ4v) is 3.06. The summed E-state index contributed by atoms with van der Waals surface area (Å²) in [7, 11) is 1.36. The van der Waals surface area contributed by atoms with Gasteiger partial charge in [-0.1, -0.05) is 24.3 Å². The summed E-state index contributed by atoms with van der Waals surface area (Å²) in [6, 6.07) is 7.51. The van der Waals surface area contributed by atoms with Crippen LogP contribution in [0, 0.1) is 0 Å². The normalized spacial score (nSPS) is 19.0. The first-order chi connectivity index (χ1) is 11.9. The smallest absolute Gasteiger partial charge is 0.365 e. The minimum Gasteiger partial charge on any atom is -0.465 e. The standard InChI is InChI=1S/C18H25N3O4/c1-12(2)20-16(22)9-19-17(23)11-21-10-14-7-5-4-6-13(14)8-15(21)18(24)25-3/h4-7,12,15H,8-11H2,1-3H3,(H,19,23)(H,20,22)/p+1/t15-/m0/s1. The first kappa shape index (κ1) is 18.9.